The first-order chi connectivity index (χ1) is 13.5. The van der Waals surface area contributed by atoms with Crippen molar-refractivity contribution in [3.05, 3.63) is 41.1 Å². The minimum atomic E-state index is -0.0213. The second-order valence-electron chi connectivity index (χ2n) is 8.82. The topological polar surface area (TPSA) is 85.6 Å². The molecule has 1 unspecified atom stereocenters. The summed E-state index contributed by atoms with van der Waals surface area (Å²) in [5, 5.41) is 15.2. The Morgan fingerprint density at radius 3 is 3.00 bits per heavy atom. The number of aromatic amines is 2. The van der Waals surface area contributed by atoms with Crippen LogP contribution in [-0.4, -0.2) is 40.2 Å². The average molecular weight is 377 g/mol. The number of hydrogen-bond donors (Lipinski definition) is 4. The minimum Gasteiger partial charge on any atom is -0.353 e. The van der Waals surface area contributed by atoms with Crippen LogP contribution in [0.2, 0.25) is 0 Å². The van der Waals surface area contributed by atoms with Crippen molar-refractivity contribution in [2.45, 2.75) is 51.0 Å². The maximum Gasteiger partial charge on any atom is 0.251 e. The molecule has 1 fully saturated rings. The zero-order valence-corrected chi connectivity index (χ0v) is 16.5. The smallest absolute Gasteiger partial charge is 0.251 e. The summed E-state index contributed by atoms with van der Waals surface area (Å²) in [6.45, 7) is 6.54. The Hall–Kier alpha value is -2.60. The zero-order valence-electron chi connectivity index (χ0n) is 16.5. The molecule has 3 aromatic rings. The average Bonchev–Trinajstić information content (AvgIpc) is 3.18. The largest absolute Gasteiger partial charge is 0.353 e. The first kappa shape index (κ1) is 17.5. The Morgan fingerprint density at radius 2 is 2.11 bits per heavy atom. The van der Waals surface area contributed by atoms with E-state index in [2.05, 4.69) is 45.7 Å². The standard InChI is InChI=1S/C22H27N5O/c1-22(2)11-14-12-24-27-19(14)20-18(22)16-10-13(5-6-17(16)26-20)21(28)25-15-4-3-8-23-9-7-15/h5-6,10,12,15,23,26H,3-4,7-9,11H2,1-2H3,(H,24,27)(H,25,28). The van der Waals surface area contributed by atoms with E-state index >= 15 is 0 Å². The van der Waals surface area contributed by atoms with Crippen molar-refractivity contribution in [1.82, 2.24) is 25.8 Å². The van der Waals surface area contributed by atoms with E-state index in [-0.39, 0.29) is 17.4 Å². The highest BCUT2D eigenvalue weighted by Gasteiger charge is 2.35. The summed E-state index contributed by atoms with van der Waals surface area (Å²) >= 11 is 0. The van der Waals surface area contributed by atoms with Gasteiger partial charge in [0.05, 0.1) is 17.6 Å². The van der Waals surface area contributed by atoms with Crippen molar-refractivity contribution >= 4 is 16.8 Å². The summed E-state index contributed by atoms with van der Waals surface area (Å²) in [6.07, 6.45) is 5.99. The van der Waals surface area contributed by atoms with Gasteiger partial charge in [-0.1, -0.05) is 13.8 Å². The van der Waals surface area contributed by atoms with Gasteiger partial charge < -0.3 is 15.6 Å². The Morgan fingerprint density at radius 1 is 1.21 bits per heavy atom. The molecule has 5 rings (SSSR count). The lowest BCUT2D eigenvalue weighted by Crippen LogP contribution is -2.35. The number of H-pyrrole nitrogens is 2. The summed E-state index contributed by atoms with van der Waals surface area (Å²) in [4.78, 5) is 16.5. The Kier molecular flexibility index (Phi) is 4.05. The molecule has 0 bridgehead atoms. The fraction of sp³-hybridized carbons (Fsp3) is 0.455. The van der Waals surface area contributed by atoms with Gasteiger partial charge in [0, 0.05) is 28.1 Å². The van der Waals surface area contributed by atoms with Gasteiger partial charge in [0.15, 0.2) is 0 Å². The second-order valence-corrected chi connectivity index (χ2v) is 8.82. The summed E-state index contributed by atoms with van der Waals surface area (Å²) in [5.41, 5.74) is 6.46. The molecule has 6 heteroatoms. The minimum absolute atomic E-state index is 0.0213. The maximum atomic E-state index is 12.9. The van der Waals surface area contributed by atoms with Crippen molar-refractivity contribution < 1.29 is 4.79 Å². The van der Waals surface area contributed by atoms with Gasteiger partial charge in [-0.2, -0.15) is 5.10 Å². The molecule has 4 N–H and O–H groups in total. The van der Waals surface area contributed by atoms with E-state index in [0.717, 1.165) is 66.6 Å². The molecule has 1 aromatic carbocycles. The number of rotatable bonds is 2. The molecule has 2 aromatic heterocycles. The lowest BCUT2D eigenvalue weighted by atomic mass is 9.73. The van der Waals surface area contributed by atoms with Crippen molar-refractivity contribution in [3.8, 4) is 11.4 Å². The quantitative estimate of drug-likeness (QED) is 0.553. The van der Waals surface area contributed by atoms with Crippen LogP contribution in [0.5, 0.6) is 0 Å². The van der Waals surface area contributed by atoms with Crippen LogP contribution >= 0.6 is 0 Å². The first-order valence-electron chi connectivity index (χ1n) is 10.2. The van der Waals surface area contributed by atoms with Crippen LogP contribution in [0.15, 0.2) is 24.4 Å². The van der Waals surface area contributed by atoms with Gasteiger partial charge in [-0.05, 0) is 68.0 Å². The number of carbonyl (C=O) groups is 1. The third-order valence-corrected chi connectivity index (χ3v) is 6.25. The predicted octanol–water partition coefficient (Wildman–Crippen LogP) is 3.26. The third-order valence-electron chi connectivity index (χ3n) is 6.25. The molecular weight excluding hydrogens is 350 g/mol. The molecule has 0 spiro atoms. The van der Waals surface area contributed by atoms with E-state index in [0.29, 0.717) is 0 Å². The monoisotopic (exact) mass is 377 g/mol. The maximum absolute atomic E-state index is 12.9. The van der Waals surface area contributed by atoms with Gasteiger partial charge in [-0.25, -0.2) is 0 Å². The van der Waals surface area contributed by atoms with Crippen LogP contribution in [0.25, 0.3) is 22.3 Å². The first-order valence-corrected chi connectivity index (χ1v) is 10.2. The summed E-state index contributed by atoms with van der Waals surface area (Å²) in [5.74, 6) is 0.0274. The number of aromatic nitrogens is 3. The Labute approximate surface area is 164 Å². The number of hydrogen-bond acceptors (Lipinski definition) is 3. The van der Waals surface area contributed by atoms with Crippen LogP contribution in [-0.2, 0) is 11.8 Å². The predicted molar refractivity (Wildman–Crippen MR) is 111 cm³/mol. The van der Waals surface area contributed by atoms with Crippen LogP contribution in [0.3, 0.4) is 0 Å². The molecule has 3 heterocycles. The van der Waals surface area contributed by atoms with E-state index < -0.39 is 0 Å². The van der Waals surface area contributed by atoms with Crippen molar-refractivity contribution in [3.63, 3.8) is 0 Å². The van der Waals surface area contributed by atoms with Gasteiger partial charge in [0.1, 0.15) is 0 Å². The van der Waals surface area contributed by atoms with Gasteiger partial charge in [0.2, 0.25) is 0 Å². The molecule has 0 saturated carbocycles. The van der Waals surface area contributed by atoms with E-state index in [4.69, 9.17) is 0 Å². The highest BCUT2D eigenvalue weighted by Crippen LogP contribution is 2.45. The molecule has 1 saturated heterocycles. The number of amides is 1. The Balaban J connectivity index is 1.52. The number of benzene rings is 1. The molecule has 146 valence electrons. The fourth-order valence-corrected chi connectivity index (χ4v) is 4.88. The van der Waals surface area contributed by atoms with Crippen molar-refractivity contribution in [2.24, 2.45) is 0 Å². The second kappa shape index (κ2) is 6.48. The van der Waals surface area contributed by atoms with Gasteiger partial charge >= 0.3 is 0 Å². The Bertz CT molecular complexity index is 1040. The van der Waals surface area contributed by atoms with Crippen LogP contribution < -0.4 is 10.6 Å². The number of carbonyl (C=O) groups excluding carboxylic acids is 1. The van der Waals surface area contributed by atoms with Crippen LogP contribution in [0.1, 0.15) is 54.6 Å². The highest BCUT2D eigenvalue weighted by molar-refractivity contribution is 6.01. The molecule has 0 radical (unpaired) electrons. The zero-order chi connectivity index (χ0) is 19.3. The van der Waals surface area contributed by atoms with Crippen LogP contribution in [0.4, 0.5) is 0 Å². The van der Waals surface area contributed by atoms with E-state index in [1.165, 1.54) is 11.1 Å². The molecular formula is C22H27N5O. The van der Waals surface area contributed by atoms with Gasteiger partial charge in [-0.15, -0.1) is 0 Å². The third kappa shape index (κ3) is 2.83. The van der Waals surface area contributed by atoms with E-state index in [1.807, 2.05) is 18.3 Å². The fourth-order valence-electron chi connectivity index (χ4n) is 4.88. The van der Waals surface area contributed by atoms with E-state index in [1.54, 1.807) is 0 Å². The molecule has 1 aliphatic carbocycles. The number of nitrogens with zero attached hydrogens (tertiary/aromatic N) is 1. The van der Waals surface area contributed by atoms with E-state index in [9.17, 15) is 4.79 Å². The summed E-state index contributed by atoms with van der Waals surface area (Å²) < 4.78 is 0. The molecule has 1 atom stereocenters. The molecule has 1 aliphatic heterocycles. The number of nitrogens with one attached hydrogen (secondary N) is 4. The molecule has 1 amide bonds. The summed E-state index contributed by atoms with van der Waals surface area (Å²) in [6, 6.07) is 6.26. The molecule has 6 nitrogen and oxygen atoms in total. The van der Waals surface area contributed by atoms with Crippen molar-refractivity contribution in [1.29, 1.82) is 0 Å². The van der Waals surface area contributed by atoms with Crippen molar-refractivity contribution in [2.75, 3.05) is 13.1 Å². The SMILES string of the molecule is CC1(C)Cc2cn[nH]c2-c2[nH]c3ccc(C(=O)NC4CCCNCC4)cc3c21. The highest BCUT2D eigenvalue weighted by atomic mass is 16.1. The lowest BCUT2D eigenvalue weighted by molar-refractivity contribution is 0.0934. The molecule has 28 heavy (non-hydrogen) atoms. The lowest BCUT2D eigenvalue weighted by Gasteiger charge is -2.30. The van der Waals surface area contributed by atoms with Gasteiger partial charge in [0.25, 0.3) is 5.91 Å². The van der Waals surface area contributed by atoms with Gasteiger partial charge in [-0.3, -0.25) is 9.89 Å². The van der Waals surface area contributed by atoms with Crippen LogP contribution in [0, 0.1) is 0 Å². The molecule has 2 aliphatic rings. The number of fused-ring (bicyclic) bond motifs is 5. The summed E-state index contributed by atoms with van der Waals surface area (Å²) in [7, 11) is 0. The normalized spacial score (nSPS) is 21.0.